The summed E-state index contributed by atoms with van der Waals surface area (Å²) >= 11 is 0. The van der Waals surface area contributed by atoms with Crippen LogP contribution in [0.5, 0.6) is 0 Å². The highest BCUT2D eigenvalue weighted by Gasteiger charge is 2.36. The molecule has 0 saturated carbocycles. The highest BCUT2D eigenvalue weighted by atomic mass is 32.2. The summed E-state index contributed by atoms with van der Waals surface area (Å²) in [6.07, 6.45) is 2.79. The average molecular weight is 337 g/mol. The molecule has 2 heterocycles. The van der Waals surface area contributed by atoms with E-state index >= 15 is 0 Å². The van der Waals surface area contributed by atoms with Crippen molar-refractivity contribution in [3.8, 4) is 0 Å². The third-order valence-electron chi connectivity index (χ3n) is 4.36. The van der Waals surface area contributed by atoms with Crippen LogP contribution < -0.4 is 11.1 Å². The van der Waals surface area contributed by atoms with Crippen LogP contribution in [0.25, 0.3) is 0 Å². The molecule has 0 unspecified atom stereocenters. The van der Waals surface area contributed by atoms with Crippen molar-refractivity contribution in [1.82, 2.24) is 4.31 Å². The quantitative estimate of drug-likeness (QED) is 0.841. The van der Waals surface area contributed by atoms with E-state index in [9.17, 15) is 18.0 Å². The Balaban J connectivity index is 1.96. The first-order chi connectivity index (χ1) is 10.9. The zero-order chi connectivity index (χ0) is 16.6. The van der Waals surface area contributed by atoms with Crippen molar-refractivity contribution in [1.29, 1.82) is 0 Å². The molecule has 1 fully saturated rings. The summed E-state index contributed by atoms with van der Waals surface area (Å²) in [6.45, 7) is 0.295. The largest absolute Gasteiger partial charge is 0.368 e. The van der Waals surface area contributed by atoms with Gasteiger partial charge in [-0.1, -0.05) is 6.42 Å². The lowest BCUT2D eigenvalue weighted by Crippen LogP contribution is -2.50. The highest BCUT2D eigenvalue weighted by molar-refractivity contribution is 7.89. The van der Waals surface area contributed by atoms with Crippen LogP contribution in [0.15, 0.2) is 23.1 Å². The van der Waals surface area contributed by atoms with E-state index in [1.807, 2.05) is 0 Å². The molecular formula is C15H19N3O4S. The fourth-order valence-electron chi connectivity index (χ4n) is 3.13. The summed E-state index contributed by atoms with van der Waals surface area (Å²) < 4.78 is 27.0. The predicted molar refractivity (Wildman–Crippen MR) is 84.1 cm³/mol. The molecule has 1 atom stereocenters. The van der Waals surface area contributed by atoms with Crippen LogP contribution in [0.3, 0.4) is 0 Å². The Morgan fingerprint density at radius 3 is 2.78 bits per heavy atom. The van der Waals surface area contributed by atoms with E-state index in [0.717, 1.165) is 12.0 Å². The van der Waals surface area contributed by atoms with Crippen molar-refractivity contribution in [2.75, 3.05) is 11.9 Å². The molecule has 2 amide bonds. The molecule has 124 valence electrons. The smallest absolute Gasteiger partial charge is 0.243 e. The van der Waals surface area contributed by atoms with Gasteiger partial charge in [-0.05, 0) is 43.0 Å². The van der Waals surface area contributed by atoms with E-state index < -0.39 is 22.0 Å². The number of carbonyl (C=O) groups excluding carboxylic acids is 2. The predicted octanol–water partition coefficient (Wildman–Crippen LogP) is 0.600. The molecule has 0 spiro atoms. The Kier molecular flexibility index (Phi) is 4.11. The number of aryl methyl sites for hydroxylation is 1. The highest BCUT2D eigenvalue weighted by Crippen LogP contribution is 2.29. The van der Waals surface area contributed by atoms with Gasteiger partial charge in [0.1, 0.15) is 6.04 Å². The van der Waals surface area contributed by atoms with Gasteiger partial charge in [-0.15, -0.1) is 0 Å². The van der Waals surface area contributed by atoms with Crippen LogP contribution in [-0.2, 0) is 26.0 Å². The van der Waals surface area contributed by atoms with Crippen molar-refractivity contribution in [3.63, 3.8) is 0 Å². The molecule has 1 aromatic rings. The molecule has 23 heavy (non-hydrogen) atoms. The molecule has 0 bridgehead atoms. The lowest BCUT2D eigenvalue weighted by atomic mass is 10.0. The third kappa shape index (κ3) is 2.96. The zero-order valence-corrected chi connectivity index (χ0v) is 13.4. The van der Waals surface area contributed by atoms with E-state index in [-0.39, 0.29) is 10.8 Å². The number of sulfonamides is 1. The van der Waals surface area contributed by atoms with Crippen molar-refractivity contribution >= 4 is 27.5 Å². The standard InChI is InChI=1S/C15H19N3O4S/c16-15(20)13-3-1-2-8-18(13)23(21,22)11-5-6-12-10(9-11)4-7-14(19)17-12/h5-6,9,13H,1-4,7-8H2,(H2,16,20)(H,17,19)/t13-/m0/s1. The van der Waals surface area contributed by atoms with Gasteiger partial charge < -0.3 is 11.1 Å². The van der Waals surface area contributed by atoms with Gasteiger partial charge in [0.15, 0.2) is 0 Å². The van der Waals surface area contributed by atoms with Crippen LogP contribution >= 0.6 is 0 Å². The van der Waals surface area contributed by atoms with Crippen LogP contribution in [-0.4, -0.2) is 37.1 Å². The Morgan fingerprint density at radius 1 is 1.26 bits per heavy atom. The number of benzene rings is 1. The molecule has 8 heteroatoms. The van der Waals surface area contributed by atoms with Crippen LogP contribution in [0.4, 0.5) is 5.69 Å². The second-order valence-electron chi connectivity index (χ2n) is 5.90. The molecule has 7 nitrogen and oxygen atoms in total. The number of hydrogen-bond acceptors (Lipinski definition) is 4. The first-order valence-electron chi connectivity index (χ1n) is 7.63. The van der Waals surface area contributed by atoms with Gasteiger partial charge in [0.2, 0.25) is 21.8 Å². The number of rotatable bonds is 3. The number of nitrogens with one attached hydrogen (secondary N) is 1. The number of nitrogens with two attached hydrogens (primary N) is 1. The molecule has 3 rings (SSSR count). The van der Waals surface area contributed by atoms with Crippen LogP contribution in [0, 0.1) is 0 Å². The second kappa shape index (κ2) is 5.93. The summed E-state index contributed by atoms with van der Waals surface area (Å²) in [7, 11) is -3.78. The van der Waals surface area contributed by atoms with Crippen molar-refractivity contribution in [2.45, 2.75) is 43.0 Å². The number of primary amides is 1. The lowest BCUT2D eigenvalue weighted by molar-refractivity contribution is -0.122. The number of piperidine rings is 1. The van der Waals surface area contributed by atoms with E-state index in [0.29, 0.717) is 37.9 Å². The van der Waals surface area contributed by atoms with Crippen LogP contribution in [0.2, 0.25) is 0 Å². The molecular weight excluding hydrogens is 318 g/mol. The van der Waals surface area contributed by atoms with Gasteiger partial charge in [0.05, 0.1) is 4.90 Å². The normalized spacial score (nSPS) is 22.3. The molecule has 1 saturated heterocycles. The number of amides is 2. The van der Waals surface area contributed by atoms with E-state index in [1.54, 1.807) is 12.1 Å². The topological polar surface area (TPSA) is 110 Å². The fourth-order valence-corrected chi connectivity index (χ4v) is 4.85. The number of nitrogens with zero attached hydrogens (tertiary/aromatic N) is 1. The molecule has 2 aliphatic heterocycles. The van der Waals surface area contributed by atoms with Gasteiger partial charge in [0.25, 0.3) is 0 Å². The maximum absolute atomic E-state index is 12.9. The maximum Gasteiger partial charge on any atom is 0.243 e. The van der Waals surface area contributed by atoms with Gasteiger partial charge in [-0.3, -0.25) is 9.59 Å². The monoisotopic (exact) mass is 337 g/mol. The first kappa shape index (κ1) is 15.9. The van der Waals surface area contributed by atoms with E-state index in [4.69, 9.17) is 5.73 Å². The molecule has 2 aliphatic rings. The Hall–Kier alpha value is -1.93. The summed E-state index contributed by atoms with van der Waals surface area (Å²) in [5, 5.41) is 2.72. The number of fused-ring (bicyclic) bond motifs is 1. The molecule has 1 aromatic carbocycles. The summed E-state index contributed by atoms with van der Waals surface area (Å²) in [4.78, 5) is 23.1. The minimum absolute atomic E-state index is 0.0714. The van der Waals surface area contributed by atoms with E-state index in [2.05, 4.69) is 5.32 Å². The first-order valence-corrected chi connectivity index (χ1v) is 9.07. The summed E-state index contributed by atoms with van der Waals surface area (Å²) in [5.41, 5.74) is 6.80. The second-order valence-corrected chi connectivity index (χ2v) is 7.79. The average Bonchev–Trinajstić information content (AvgIpc) is 2.54. The Labute approximate surface area is 134 Å². The van der Waals surface area contributed by atoms with Crippen molar-refractivity contribution in [2.24, 2.45) is 5.73 Å². The molecule has 0 radical (unpaired) electrons. The minimum Gasteiger partial charge on any atom is -0.368 e. The number of anilines is 1. The lowest BCUT2D eigenvalue weighted by Gasteiger charge is -2.32. The van der Waals surface area contributed by atoms with Crippen molar-refractivity contribution in [3.05, 3.63) is 23.8 Å². The number of hydrogen-bond donors (Lipinski definition) is 2. The van der Waals surface area contributed by atoms with Crippen molar-refractivity contribution < 1.29 is 18.0 Å². The molecule has 3 N–H and O–H groups in total. The molecule has 0 aliphatic carbocycles. The Bertz CT molecular complexity index is 760. The van der Waals surface area contributed by atoms with Gasteiger partial charge in [-0.2, -0.15) is 4.31 Å². The van der Waals surface area contributed by atoms with Crippen LogP contribution in [0.1, 0.15) is 31.2 Å². The minimum atomic E-state index is -3.78. The fraction of sp³-hybridized carbons (Fsp3) is 0.467. The SMILES string of the molecule is NC(=O)[C@@H]1CCCCN1S(=O)(=O)c1ccc2c(c1)CCC(=O)N2. The Morgan fingerprint density at radius 2 is 2.04 bits per heavy atom. The van der Waals surface area contributed by atoms with Gasteiger partial charge >= 0.3 is 0 Å². The number of carbonyl (C=O) groups is 2. The van der Waals surface area contributed by atoms with E-state index in [1.165, 1.54) is 10.4 Å². The van der Waals surface area contributed by atoms with Gasteiger partial charge in [0, 0.05) is 18.7 Å². The zero-order valence-electron chi connectivity index (χ0n) is 12.6. The summed E-state index contributed by atoms with van der Waals surface area (Å²) in [5.74, 6) is -0.684. The molecule has 0 aromatic heterocycles. The van der Waals surface area contributed by atoms with Gasteiger partial charge in [-0.25, -0.2) is 8.42 Å². The third-order valence-corrected chi connectivity index (χ3v) is 6.27. The summed E-state index contributed by atoms with van der Waals surface area (Å²) in [6, 6.07) is 3.86. The maximum atomic E-state index is 12.9.